The number of nitrogens with zero attached hydrogens (tertiary/aromatic N) is 3. The van der Waals surface area contributed by atoms with Crippen LogP contribution in [0.15, 0.2) is 97.3 Å². The third kappa shape index (κ3) is 3.08. The zero-order valence-corrected chi connectivity index (χ0v) is 16.9. The first-order valence-corrected chi connectivity index (χ1v) is 10.4. The quantitative estimate of drug-likeness (QED) is 0.341. The molecular weight excluding hydrogens is 385 g/mol. The van der Waals surface area contributed by atoms with Crippen LogP contribution < -0.4 is 0 Å². The molecule has 0 radical (unpaired) electrons. The molecule has 0 amide bonds. The van der Waals surface area contributed by atoms with Gasteiger partial charge >= 0.3 is 0 Å². The zero-order chi connectivity index (χ0) is 20.8. The van der Waals surface area contributed by atoms with Gasteiger partial charge in [-0.25, -0.2) is 9.37 Å². The Morgan fingerprint density at radius 2 is 1.52 bits per heavy atom. The van der Waals surface area contributed by atoms with E-state index in [2.05, 4.69) is 74.7 Å². The van der Waals surface area contributed by atoms with Gasteiger partial charge in [-0.05, 0) is 35.4 Å². The summed E-state index contributed by atoms with van der Waals surface area (Å²) in [4.78, 5) is 4.69. The standard InChI is InChI=1S/C27H20FN3/c28-21-12-10-20(11-13-21)17-31-25-9-5-4-8-23(25)24-15-27-29-16-22(30(27)18-26(24)31)14-19-6-2-1-3-7-19/h1-13,15-16,18H,14,17H2. The summed E-state index contributed by atoms with van der Waals surface area (Å²) in [6, 6.07) is 27.8. The van der Waals surface area contributed by atoms with E-state index in [0.29, 0.717) is 6.54 Å². The molecule has 0 saturated carbocycles. The largest absolute Gasteiger partial charge is 0.335 e. The van der Waals surface area contributed by atoms with Crippen LogP contribution in [0.2, 0.25) is 0 Å². The molecule has 3 nitrogen and oxygen atoms in total. The summed E-state index contributed by atoms with van der Waals surface area (Å²) in [5.74, 6) is -0.211. The lowest BCUT2D eigenvalue weighted by molar-refractivity contribution is 0.626. The number of hydrogen-bond donors (Lipinski definition) is 0. The van der Waals surface area contributed by atoms with Gasteiger partial charge in [0.1, 0.15) is 11.5 Å². The van der Waals surface area contributed by atoms with Gasteiger partial charge < -0.3 is 8.97 Å². The van der Waals surface area contributed by atoms with Gasteiger partial charge in [-0.2, -0.15) is 0 Å². The minimum absolute atomic E-state index is 0.211. The molecule has 6 rings (SSSR count). The smallest absolute Gasteiger partial charge is 0.137 e. The van der Waals surface area contributed by atoms with Crippen molar-refractivity contribution >= 4 is 27.5 Å². The van der Waals surface area contributed by atoms with Crippen LogP contribution >= 0.6 is 0 Å². The van der Waals surface area contributed by atoms with E-state index >= 15 is 0 Å². The van der Waals surface area contributed by atoms with E-state index in [0.717, 1.165) is 28.8 Å². The third-order valence-electron chi connectivity index (χ3n) is 5.96. The molecule has 31 heavy (non-hydrogen) atoms. The molecular formula is C27H20FN3. The van der Waals surface area contributed by atoms with Crippen molar-refractivity contribution in [1.29, 1.82) is 0 Å². The Bertz CT molecular complexity index is 1530. The molecule has 0 atom stereocenters. The lowest BCUT2D eigenvalue weighted by atomic mass is 10.1. The average molecular weight is 405 g/mol. The first kappa shape index (κ1) is 17.9. The number of pyridine rings is 1. The van der Waals surface area contributed by atoms with Crippen molar-refractivity contribution in [3.8, 4) is 0 Å². The lowest BCUT2D eigenvalue weighted by Crippen LogP contribution is -2.01. The minimum atomic E-state index is -0.211. The van der Waals surface area contributed by atoms with Crippen molar-refractivity contribution in [1.82, 2.24) is 14.0 Å². The Morgan fingerprint density at radius 1 is 0.742 bits per heavy atom. The Balaban J connectivity index is 1.55. The van der Waals surface area contributed by atoms with E-state index in [1.165, 1.54) is 34.0 Å². The number of fused-ring (bicyclic) bond motifs is 4. The van der Waals surface area contributed by atoms with Crippen molar-refractivity contribution in [2.45, 2.75) is 13.0 Å². The van der Waals surface area contributed by atoms with Gasteiger partial charge in [-0.1, -0.05) is 60.7 Å². The molecule has 6 aromatic rings. The topological polar surface area (TPSA) is 22.2 Å². The Morgan fingerprint density at radius 3 is 2.35 bits per heavy atom. The Labute approximate surface area is 179 Å². The first-order valence-electron chi connectivity index (χ1n) is 10.4. The number of para-hydroxylation sites is 1. The maximum Gasteiger partial charge on any atom is 0.137 e. The molecule has 3 heterocycles. The second-order valence-corrected chi connectivity index (χ2v) is 7.94. The highest BCUT2D eigenvalue weighted by Gasteiger charge is 2.14. The Hall–Kier alpha value is -3.92. The van der Waals surface area contributed by atoms with Gasteiger partial charge in [-0.3, -0.25) is 0 Å². The van der Waals surface area contributed by atoms with E-state index in [1.54, 1.807) is 0 Å². The summed E-state index contributed by atoms with van der Waals surface area (Å²) >= 11 is 0. The number of hydrogen-bond acceptors (Lipinski definition) is 1. The van der Waals surface area contributed by atoms with Crippen LogP contribution in [-0.4, -0.2) is 14.0 Å². The Kier molecular flexibility index (Phi) is 4.10. The van der Waals surface area contributed by atoms with Crippen molar-refractivity contribution in [2.24, 2.45) is 0 Å². The monoisotopic (exact) mass is 405 g/mol. The normalized spacial score (nSPS) is 11.6. The maximum absolute atomic E-state index is 13.4. The average Bonchev–Trinajstić information content (AvgIpc) is 3.33. The highest BCUT2D eigenvalue weighted by molar-refractivity contribution is 6.08. The molecule has 0 fully saturated rings. The number of imidazole rings is 1. The fourth-order valence-electron chi connectivity index (χ4n) is 4.44. The van der Waals surface area contributed by atoms with Crippen LogP contribution in [0.25, 0.3) is 27.5 Å². The molecule has 3 aromatic heterocycles. The maximum atomic E-state index is 13.4. The van der Waals surface area contributed by atoms with Gasteiger partial charge in [-0.15, -0.1) is 0 Å². The summed E-state index contributed by atoms with van der Waals surface area (Å²) in [6.07, 6.45) is 4.99. The summed E-state index contributed by atoms with van der Waals surface area (Å²) in [6.45, 7) is 0.679. The molecule has 0 unspecified atom stereocenters. The molecule has 0 aliphatic rings. The predicted octanol–water partition coefficient (Wildman–Crippen LogP) is 6.22. The molecule has 0 spiro atoms. The van der Waals surface area contributed by atoms with Gasteiger partial charge in [0.2, 0.25) is 0 Å². The first-order chi connectivity index (χ1) is 15.3. The molecule has 0 bridgehead atoms. The van der Waals surface area contributed by atoms with Gasteiger partial charge in [0.15, 0.2) is 0 Å². The summed E-state index contributed by atoms with van der Waals surface area (Å²) < 4.78 is 17.9. The zero-order valence-electron chi connectivity index (χ0n) is 16.9. The van der Waals surface area contributed by atoms with Gasteiger partial charge in [0.25, 0.3) is 0 Å². The fourth-order valence-corrected chi connectivity index (χ4v) is 4.44. The van der Waals surface area contributed by atoms with E-state index in [1.807, 2.05) is 24.4 Å². The second kappa shape index (κ2) is 7.10. The fraction of sp³-hybridized carbons (Fsp3) is 0.0741. The number of benzene rings is 3. The third-order valence-corrected chi connectivity index (χ3v) is 5.96. The molecule has 0 aliphatic carbocycles. The van der Waals surface area contributed by atoms with Crippen molar-refractivity contribution in [3.05, 3.63) is 120 Å². The van der Waals surface area contributed by atoms with Crippen LogP contribution in [0, 0.1) is 5.82 Å². The lowest BCUT2D eigenvalue weighted by Gasteiger charge is -2.09. The van der Waals surface area contributed by atoms with E-state index in [9.17, 15) is 4.39 Å². The molecule has 0 aliphatic heterocycles. The molecule has 4 heteroatoms. The second-order valence-electron chi connectivity index (χ2n) is 7.94. The van der Waals surface area contributed by atoms with E-state index in [-0.39, 0.29) is 5.82 Å². The van der Waals surface area contributed by atoms with Gasteiger partial charge in [0, 0.05) is 47.3 Å². The highest BCUT2D eigenvalue weighted by Crippen LogP contribution is 2.31. The van der Waals surface area contributed by atoms with Crippen LogP contribution in [0.1, 0.15) is 16.8 Å². The van der Waals surface area contributed by atoms with Crippen LogP contribution in [0.5, 0.6) is 0 Å². The summed E-state index contributed by atoms with van der Waals surface area (Å²) in [7, 11) is 0. The summed E-state index contributed by atoms with van der Waals surface area (Å²) in [5, 5.41) is 2.39. The number of rotatable bonds is 4. The SMILES string of the molecule is Fc1ccc(Cn2c3ccccc3c3cc4ncc(Cc5ccccc5)n4cc32)cc1. The highest BCUT2D eigenvalue weighted by atomic mass is 19.1. The number of aromatic nitrogens is 3. The van der Waals surface area contributed by atoms with Crippen LogP contribution in [0.4, 0.5) is 4.39 Å². The van der Waals surface area contributed by atoms with E-state index < -0.39 is 0 Å². The van der Waals surface area contributed by atoms with Crippen LogP contribution in [0.3, 0.4) is 0 Å². The number of halogens is 1. The van der Waals surface area contributed by atoms with Crippen LogP contribution in [-0.2, 0) is 13.0 Å². The van der Waals surface area contributed by atoms with Gasteiger partial charge in [0.05, 0.1) is 5.52 Å². The summed E-state index contributed by atoms with van der Waals surface area (Å²) in [5.41, 5.74) is 6.74. The molecule has 150 valence electrons. The van der Waals surface area contributed by atoms with Crippen molar-refractivity contribution in [2.75, 3.05) is 0 Å². The molecule has 0 N–H and O–H groups in total. The molecule has 3 aromatic carbocycles. The van der Waals surface area contributed by atoms with E-state index in [4.69, 9.17) is 0 Å². The van der Waals surface area contributed by atoms with Crippen molar-refractivity contribution < 1.29 is 4.39 Å². The van der Waals surface area contributed by atoms with Crippen molar-refractivity contribution in [3.63, 3.8) is 0 Å². The minimum Gasteiger partial charge on any atom is -0.335 e. The molecule has 0 saturated heterocycles. The predicted molar refractivity (Wildman–Crippen MR) is 123 cm³/mol.